The normalized spacial score (nSPS) is 17.8. The quantitative estimate of drug-likeness (QED) is 0.162. The Morgan fingerprint density at radius 3 is 2.55 bits per heavy atom. The summed E-state index contributed by atoms with van der Waals surface area (Å²) in [7, 11) is 3.34. The Hall–Kier alpha value is -3.97. The minimum atomic E-state index is -0.704. The monoisotopic (exact) mass is 681 g/mol. The average molecular weight is 682 g/mol. The lowest BCUT2D eigenvalue weighted by atomic mass is 10.0. The molecule has 1 aliphatic heterocycles. The molecule has 2 amide bonds. The molecule has 1 fully saturated rings. The van der Waals surface area contributed by atoms with Crippen molar-refractivity contribution in [2.45, 2.75) is 110 Å². The van der Waals surface area contributed by atoms with Crippen molar-refractivity contribution >= 4 is 40.9 Å². The van der Waals surface area contributed by atoms with Gasteiger partial charge in [0.1, 0.15) is 29.1 Å². The number of rotatable bonds is 16. The maximum atomic E-state index is 13.2. The van der Waals surface area contributed by atoms with Crippen LogP contribution >= 0.6 is 0 Å². The summed E-state index contributed by atoms with van der Waals surface area (Å²) in [5.74, 6) is 1.33. The number of methoxy groups -OCH3 is 1. The van der Waals surface area contributed by atoms with Crippen LogP contribution < -0.4 is 30.9 Å². The standard InChI is InChI=1S/C36H55N7O6/c1-8-28-33(45)42(6)29-22-39-35(41-31(29)43(28)25-13-9-10-14-25)40-27-16-15-24(20-30(27)47-7)32(44)38-21-23(2)12-11-18-48-19-17-26(37)34(46)49-36(3,4)5/h15-16,20,22-23,25-26,28H,8-14,17-19,21,37H2,1-7H3,(H,38,44)(H,39,40,41)/t23?,26-,28+/m0/s1. The summed E-state index contributed by atoms with van der Waals surface area (Å²) >= 11 is 0. The van der Waals surface area contributed by atoms with E-state index < -0.39 is 17.6 Å². The number of likely N-dealkylation sites (N-methyl/N-ethyl adjacent to an activating group) is 1. The van der Waals surface area contributed by atoms with Gasteiger partial charge in [-0.15, -0.1) is 0 Å². The fourth-order valence-electron chi connectivity index (χ4n) is 6.31. The second-order valence-electron chi connectivity index (χ2n) is 14.1. The van der Waals surface area contributed by atoms with Crippen LogP contribution in [0.25, 0.3) is 0 Å². The number of nitrogens with one attached hydrogen (secondary N) is 2. The lowest BCUT2D eigenvalue weighted by Gasteiger charge is -2.43. The predicted molar refractivity (Wildman–Crippen MR) is 191 cm³/mol. The lowest BCUT2D eigenvalue weighted by molar-refractivity contribution is -0.157. The molecule has 4 rings (SSSR count). The number of carbonyl (C=O) groups is 3. The van der Waals surface area contributed by atoms with E-state index in [-0.39, 0.29) is 29.8 Å². The van der Waals surface area contributed by atoms with Crippen molar-refractivity contribution in [1.82, 2.24) is 15.3 Å². The van der Waals surface area contributed by atoms with Gasteiger partial charge in [0, 0.05) is 38.4 Å². The van der Waals surface area contributed by atoms with Crippen LogP contribution in [0.15, 0.2) is 24.4 Å². The van der Waals surface area contributed by atoms with Crippen LogP contribution in [0.4, 0.5) is 23.1 Å². The topological polar surface area (TPSA) is 161 Å². The molecule has 0 bridgehead atoms. The number of hydrogen-bond acceptors (Lipinski definition) is 11. The zero-order valence-electron chi connectivity index (χ0n) is 30.2. The average Bonchev–Trinajstić information content (AvgIpc) is 3.60. The summed E-state index contributed by atoms with van der Waals surface area (Å²) in [6, 6.07) is 4.53. The van der Waals surface area contributed by atoms with Crippen LogP contribution in [0.5, 0.6) is 5.75 Å². The van der Waals surface area contributed by atoms with Crippen molar-refractivity contribution in [2.24, 2.45) is 11.7 Å². The Morgan fingerprint density at radius 2 is 1.88 bits per heavy atom. The second-order valence-corrected chi connectivity index (χ2v) is 14.1. The van der Waals surface area contributed by atoms with Gasteiger partial charge < -0.3 is 40.4 Å². The Kier molecular flexibility index (Phi) is 13.2. The third kappa shape index (κ3) is 10.0. The van der Waals surface area contributed by atoms with E-state index in [9.17, 15) is 14.4 Å². The third-order valence-electron chi connectivity index (χ3n) is 9.00. The van der Waals surface area contributed by atoms with Gasteiger partial charge in [0.05, 0.1) is 19.0 Å². The molecule has 1 saturated carbocycles. The molecule has 0 radical (unpaired) electrons. The molecule has 1 aromatic carbocycles. The highest BCUT2D eigenvalue weighted by atomic mass is 16.6. The molecule has 49 heavy (non-hydrogen) atoms. The van der Waals surface area contributed by atoms with Gasteiger partial charge in [-0.05, 0) is 83.4 Å². The summed E-state index contributed by atoms with van der Waals surface area (Å²) in [5.41, 5.74) is 7.14. The van der Waals surface area contributed by atoms with Crippen LogP contribution in [0, 0.1) is 5.92 Å². The van der Waals surface area contributed by atoms with E-state index in [1.54, 1.807) is 43.5 Å². The van der Waals surface area contributed by atoms with Gasteiger partial charge in [-0.25, -0.2) is 4.98 Å². The number of anilines is 4. The molecule has 1 aliphatic carbocycles. The van der Waals surface area contributed by atoms with Crippen LogP contribution in [-0.4, -0.2) is 85.4 Å². The van der Waals surface area contributed by atoms with Gasteiger partial charge in [-0.2, -0.15) is 4.98 Å². The number of fused-ring (bicyclic) bond motifs is 1. The molecule has 3 atom stereocenters. The van der Waals surface area contributed by atoms with Crippen LogP contribution in [0.3, 0.4) is 0 Å². The van der Waals surface area contributed by atoms with E-state index in [1.165, 1.54) is 0 Å². The maximum absolute atomic E-state index is 13.2. The minimum Gasteiger partial charge on any atom is -0.495 e. The predicted octanol–water partition coefficient (Wildman–Crippen LogP) is 4.95. The van der Waals surface area contributed by atoms with E-state index >= 15 is 0 Å². The summed E-state index contributed by atoms with van der Waals surface area (Å²) < 4.78 is 16.6. The number of esters is 1. The zero-order chi connectivity index (χ0) is 35.7. The molecule has 13 heteroatoms. The Balaban J connectivity index is 1.28. The van der Waals surface area contributed by atoms with Gasteiger partial charge in [0.15, 0.2) is 5.82 Å². The van der Waals surface area contributed by atoms with Gasteiger partial charge >= 0.3 is 5.97 Å². The van der Waals surface area contributed by atoms with Crippen LogP contribution in [0.2, 0.25) is 0 Å². The molecule has 13 nitrogen and oxygen atoms in total. The third-order valence-corrected chi connectivity index (χ3v) is 9.00. The van der Waals surface area contributed by atoms with Crippen LogP contribution in [0.1, 0.15) is 96.3 Å². The van der Waals surface area contributed by atoms with Crippen LogP contribution in [-0.2, 0) is 19.1 Å². The molecule has 4 N–H and O–H groups in total. The number of hydrogen-bond donors (Lipinski definition) is 3. The van der Waals surface area contributed by atoms with Crippen molar-refractivity contribution in [3.8, 4) is 5.75 Å². The number of nitrogens with two attached hydrogens (primary N) is 1. The number of benzene rings is 1. The van der Waals surface area contributed by atoms with E-state index in [0.717, 1.165) is 44.3 Å². The largest absolute Gasteiger partial charge is 0.495 e. The SMILES string of the molecule is CC[C@@H]1C(=O)N(C)c2cnc(Nc3ccc(C(=O)NCC(C)CCCOCC[C@H](N)C(=O)OC(C)(C)C)cc3OC)nc2N1C1CCCC1. The van der Waals surface area contributed by atoms with Crippen molar-refractivity contribution in [3.63, 3.8) is 0 Å². The summed E-state index contributed by atoms with van der Waals surface area (Å²) in [6.07, 6.45) is 8.86. The van der Waals surface area contributed by atoms with E-state index in [1.807, 2.05) is 27.7 Å². The molecule has 2 aromatic rings. The molecular formula is C36H55N7O6. The van der Waals surface area contributed by atoms with Crippen molar-refractivity contribution in [2.75, 3.05) is 49.0 Å². The van der Waals surface area contributed by atoms with Gasteiger partial charge in [0.25, 0.3) is 5.91 Å². The Labute approximate surface area is 290 Å². The highest BCUT2D eigenvalue weighted by Crippen LogP contribution is 2.40. The highest BCUT2D eigenvalue weighted by molar-refractivity contribution is 6.04. The summed E-state index contributed by atoms with van der Waals surface area (Å²) in [5, 5.41) is 6.28. The molecule has 1 aromatic heterocycles. The second kappa shape index (κ2) is 17.1. The molecule has 2 aliphatic rings. The Bertz CT molecular complexity index is 1440. The first-order valence-electron chi connectivity index (χ1n) is 17.5. The van der Waals surface area contributed by atoms with E-state index in [0.29, 0.717) is 61.2 Å². The molecular weight excluding hydrogens is 626 g/mol. The summed E-state index contributed by atoms with van der Waals surface area (Å²) in [4.78, 5) is 51.5. The number of aromatic nitrogens is 2. The smallest absolute Gasteiger partial charge is 0.323 e. The first kappa shape index (κ1) is 37.8. The number of ether oxygens (including phenoxy) is 3. The lowest BCUT2D eigenvalue weighted by Crippen LogP contribution is -2.55. The molecule has 0 saturated heterocycles. The van der Waals surface area contributed by atoms with Crippen molar-refractivity contribution < 1.29 is 28.6 Å². The van der Waals surface area contributed by atoms with E-state index in [4.69, 9.17) is 24.9 Å². The molecule has 270 valence electrons. The number of amides is 2. The fourth-order valence-corrected chi connectivity index (χ4v) is 6.31. The van der Waals surface area contributed by atoms with Crippen molar-refractivity contribution in [3.05, 3.63) is 30.0 Å². The van der Waals surface area contributed by atoms with Gasteiger partial charge in [-0.1, -0.05) is 26.7 Å². The number of carbonyl (C=O) groups excluding carboxylic acids is 3. The zero-order valence-corrected chi connectivity index (χ0v) is 30.2. The maximum Gasteiger partial charge on any atom is 0.323 e. The van der Waals surface area contributed by atoms with E-state index in [2.05, 4.69) is 27.4 Å². The molecule has 0 spiro atoms. The Morgan fingerprint density at radius 1 is 1.14 bits per heavy atom. The van der Waals surface area contributed by atoms with Gasteiger partial charge in [0.2, 0.25) is 11.9 Å². The first-order chi connectivity index (χ1) is 23.3. The molecule has 2 heterocycles. The fraction of sp³-hybridized carbons (Fsp3) is 0.639. The summed E-state index contributed by atoms with van der Waals surface area (Å²) in [6.45, 7) is 11.0. The van der Waals surface area contributed by atoms with Gasteiger partial charge in [-0.3, -0.25) is 14.4 Å². The molecule has 1 unspecified atom stereocenters. The first-order valence-corrected chi connectivity index (χ1v) is 17.5. The number of nitrogens with zero attached hydrogens (tertiary/aromatic N) is 4. The minimum absolute atomic E-state index is 0.0690. The van der Waals surface area contributed by atoms with Crippen molar-refractivity contribution in [1.29, 1.82) is 0 Å². The highest BCUT2D eigenvalue weighted by Gasteiger charge is 2.41.